The molecule has 1 aromatic carbocycles. The third-order valence-corrected chi connectivity index (χ3v) is 2.38. The van der Waals surface area contributed by atoms with Gasteiger partial charge < -0.3 is 10.4 Å². The molecule has 1 heterocycles. The van der Waals surface area contributed by atoms with E-state index in [9.17, 15) is 9.18 Å². The van der Waals surface area contributed by atoms with Crippen LogP contribution in [-0.4, -0.2) is 17.6 Å². The van der Waals surface area contributed by atoms with Crippen molar-refractivity contribution in [2.24, 2.45) is 0 Å². The van der Waals surface area contributed by atoms with Gasteiger partial charge in [-0.1, -0.05) is 6.07 Å². The molecular weight excluding hydrogens is 185 g/mol. The molecule has 3 nitrogen and oxygen atoms in total. The van der Waals surface area contributed by atoms with Crippen molar-refractivity contribution >= 4 is 11.6 Å². The van der Waals surface area contributed by atoms with Crippen LogP contribution in [0.5, 0.6) is 0 Å². The molecule has 0 aromatic heterocycles. The summed E-state index contributed by atoms with van der Waals surface area (Å²) in [5, 5.41) is 11.4. The minimum atomic E-state index is -0.367. The fourth-order valence-corrected chi connectivity index (χ4v) is 1.72. The number of rotatable bonds is 2. The molecule has 1 aliphatic rings. The lowest BCUT2D eigenvalue weighted by Gasteiger charge is -2.05. The van der Waals surface area contributed by atoms with Crippen LogP contribution < -0.4 is 5.32 Å². The third kappa shape index (κ3) is 1.37. The molecule has 0 radical (unpaired) electrons. The molecule has 0 aliphatic carbocycles. The van der Waals surface area contributed by atoms with Crippen LogP contribution in [0.25, 0.3) is 0 Å². The smallest absolute Gasteiger partial charge is 0.232 e. The summed E-state index contributed by atoms with van der Waals surface area (Å²) in [6.07, 6.45) is 0.379. The maximum absolute atomic E-state index is 12.8. The Morgan fingerprint density at radius 2 is 2.29 bits per heavy atom. The highest BCUT2D eigenvalue weighted by Crippen LogP contribution is 2.34. The maximum Gasteiger partial charge on any atom is 0.232 e. The van der Waals surface area contributed by atoms with Gasteiger partial charge in [0.2, 0.25) is 5.91 Å². The van der Waals surface area contributed by atoms with Crippen LogP contribution in [0.1, 0.15) is 17.9 Å². The van der Waals surface area contributed by atoms with E-state index in [2.05, 4.69) is 5.32 Å². The molecule has 0 spiro atoms. The van der Waals surface area contributed by atoms with E-state index in [-0.39, 0.29) is 24.2 Å². The Kier molecular flexibility index (Phi) is 2.21. The van der Waals surface area contributed by atoms with Crippen molar-refractivity contribution in [3.63, 3.8) is 0 Å². The predicted octanol–water partition coefficient (Wildman–Crippen LogP) is 1.24. The molecule has 1 amide bonds. The van der Waals surface area contributed by atoms with E-state index in [1.54, 1.807) is 6.07 Å². The van der Waals surface area contributed by atoms with Crippen LogP contribution >= 0.6 is 0 Å². The second kappa shape index (κ2) is 3.38. The zero-order valence-electron chi connectivity index (χ0n) is 7.46. The van der Waals surface area contributed by atoms with E-state index in [0.29, 0.717) is 12.1 Å². The molecule has 1 aliphatic heterocycles. The van der Waals surface area contributed by atoms with Crippen molar-refractivity contribution in [1.29, 1.82) is 0 Å². The average Bonchev–Trinajstić information content (AvgIpc) is 2.43. The summed E-state index contributed by atoms with van der Waals surface area (Å²) in [6, 6.07) is 4.21. The highest BCUT2D eigenvalue weighted by Gasteiger charge is 2.29. The lowest BCUT2D eigenvalue weighted by atomic mass is 9.98. The number of anilines is 1. The number of nitrogens with one attached hydrogen (secondary N) is 1. The molecule has 0 saturated heterocycles. The molecule has 2 N–H and O–H groups in total. The summed E-state index contributed by atoms with van der Waals surface area (Å²) < 4.78 is 12.8. The van der Waals surface area contributed by atoms with Gasteiger partial charge in [-0.2, -0.15) is 0 Å². The Balaban J connectivity index is 2.37. The van der Waals surface area contributed by atoms with Crippen molar-refractivity contribution in [2.45, 2.75) is 12.3 Å². The lowest BCUT2D eigenvalue weighted by Crippen LogP contribution is -2.13. The number of aliphatic hydroxyl groups is 1. The van der Waals surface area contributed by atoms with Gasteiger partial charge in [-0.25, -0.2) is 4.39 Å². The van der Waals surface area contributed by atoms with E-state index in [1.165, 1.54) is 12.1 Å². The number of carbonyl (C=O) groups is 1. The van der Waals surface area contributed by atoms with Gasteiger partial charge in [0.15, 0.2) is 0 Å². The Morgan fingerprint density at radius 3 is 3.00 bits per heavy atom. The standard InChI is InChI=1S/C10H10FNO2/c11-6-1-2-7-8(3-4-13)10(14)12-9(7)5-6/h1-2,5,8,13H,3-4H2,(H,12,14). The highest BCUT2D eigenvalue weighted by atomic mass is 19.1. The first-order valence-electron chi connectivity index (χ1n) is 4.43. The highest BCUT2D eigenvalue weighted by molar-refractivity contribution is 6.02. The SMILES string of the molecule is O=C1Nc2cc(F)ccc2C1CCO. The summed E-state index contributed by atoms with van der Waals surface area (Å²) in [7, 11) is 0. The average molecular weight is 195 g/mol. The van der Waals surface area contributed by atoms with Crippen LogP contribution in [0.4, 0.5) is 10.1 Å². The van der Waals surface area contributed by atoms with Crippen LogP contribution in [0.15, 0.2) is 18.2 Å². The molecule has 0 fully saturated rings. The van der Waals surface area contributed by atoms with Gasteiger partial charge >= 0.3 is 0 Å². The van der Waals surface area contributed by atoms with Gasteiger partial charge in [-0.3, -0.25) is 4.79 Å². The molecule has 4 heteroatoms. The maximum atomic E-state index is 12.8. The Morgan fingerprint density at radius 1 is 1.50 bits per heavy atom. The number of aliphatic hydroxyl groups excluding tert-OH is 1. The summed E-state index contributed by atoms with van der Waals surface area (Å²) in [5.74, 6) is -0.871. The van der Waals surface area contributed by atoms with Crippen LogP contribution in [0, 0.1) is 5.82 Å². The molecule has 1 unspecified atom stereocenters. The summed E-state index contributed by atoms with van der Waals surface area (Å²) in [6.45, 7) is -0.0467. The van der Waals surface area contributed by atoms with Crippen molar-refractivity contribution in [3.05, 3.63) is 29.6 Å². The fourth-order valence-electron chi connectivity index (χ4n) is 1.72. The lowest BCUT2D eigenvalue weighted by molar-refractivity contribution is -0.117. The number of carbonyl (C=O) groups excluding carboxylic acids is 1. The van der Waals surface area contributed by atoms with Gasteiger partial charge in [0, 0.05) is 12.3 Å². The van der Waals surface area contributed by atoms with Crippen molar-refractivity contribution in [3.8, 4) is 0 Å². The largest absolute Gasteiger partial charge is 0.396 e. The summed E-state index contributed by atoms with van der Waals surface area (Å²) in [4.78, 5) is 11.4. The first kappa shape index (κ1) is 9.15. The number of hydrogen-bond acceptors (Lipinski definition) is 2. The molecule has 2 rings (SSSR count). The minimum absolute atomic E-state index is 0.0467. The second-order valence-corrected chi connectivity index (χ2v) is 3.29. The molecule has 14 heavy (non-hydrogen) atoms. The van der Waals surface area contributed by atoms with E-state index >= 15 is 0 Å². The summed E-state index contributed by atoms with van der Waals surface area (Å²) >= 11 is 0. The van der Waals surface area contributed by atoms with Gasteiger partial charge in [0.25, 0.3) is 0 Å². The van der Waals surface area contributed by atoms with Crippen LogP contribution in [0.3, 0.4) is 0 Å². The number of benzene rings is 1. The van der Waals surface area contributed by atoms with Gasteiger partial charge in [0.05, 0.1) is 5.92 Å². The van der Waals surface area contributed by atoms with Crippen LogP contribution in [-0.2, 0) is 4.79 Å². The molecule has 0 saturated carbocycles. The first-order chi connectivity index (χ1) is 6.72. The Labute approximate surface area is 80.6 Å². The number of fused-ring (bicyclic) bond motifs is 1. The predicted molar refractivity (Wildman–Crippen MR) is 49.5 cm³/mol. The minimum Gasteiger partial charge on any atom is -0.396 e. The van der Waals surface area contributed by atoms with E-state index in [1.807, 2.05) is 0 Å². The quantitative estimate of drug-likeness (QED) is 0.746. The topological polar surface area (TPSA) is 49.3 Å². The number of amides is 1. The zero-order valence-corrected chi connectivity index (χ0v) is 7.46. The normalized spacial score (nSPS) is 19.3. The fraction of sp³-hybridized carbons (Fsp3) is 0.300. The van der Waals surface area contributed by atoms with Crippen molar-refractivity contribution in [1.82, 2.24) is 0 Å². The molecule has 1 atom stereocenters. The van der Waals surface area contributed by atoms with E-state index < -0.39 is 0 Å². The van der Waals surface area contributed by atoms with E-state index in [4.69, 9.17) is 5.11 Å². The van der Waals surface area contributed by atoms with Gasteiger partial charge in [-0.05, 0) is 24.1 Å². The zero-order chi connectivity index (χ0) is 10.1. The molecule has 74 valence electrons. The van der Waals surface area contributed by atoms with E-state index in [0.717, 1.165) is 5.56 Å². The van der Waals surface area contributed by atoms with Gasteiger partial charge in [-0.15, -0.1) is 0 Å². The first-order valence-corrected chi connectivity index (χ1v) is 4.43. The Bertz CT molecular complexity index is 378. The number of halogens is 1. The Hall–Kier alpha value is -1.42. The second-order valence-electron chi connectivity index (χ2n) is 3.29. The van der Waals surface area contributed by atoms with Crippen molar-refractivity contribution < 1.29 is 14.3 Å². The third-order valence-electron chi connectivity index (χ3n) is 2.38. The van der Waals surface area contributed by atoms with Crippen molar-refractivity contribution in [2.75, 3.05) is 11.9 Å². The number of hydrogen-bond donors (Lipinski definition) is 2. The van der Waals surface area contributed by atoms with Gasteiger partial charge in [0.1, 0.15) is 5.82 Å². The molecular formula is C10H10FNO2. The summed E-state index contributed by atoms with van der Waals surface area (Å²) in [5.41, 5.74) is 1.29. The molecule has 1 aromatic rings. The monoisotopic (exact) mass is 195 g/mol. The molecule has 0 bridgehead atoms. The van der Waals surface area contributed by atoms with Crippen LogP contribution in [0.2, 0.25) is 0 Å².